The van der Waals surface area contributed by atoms with Crippen LogP contribution < -0.4 is 11.3 Å². The summed E-state index contributed by atoms with van der Waals surface area (Å²) < 4.78 is 0. The van der Waals surface area contributed by atoms with Gasteiger partial charge in [0.25, 0.3) is 5.69 Å². The van der Waals surface area contributed by atoms with Crippen molar-refractivity contribution in [1.29, 1.82) is 0 Å². The highest BCUT2D eigenvalue weighted by atomic mass is 32.2. The van der Waals surface area contributed by atoms with Crippen molar-refractivity contribution in [3.8, 4) is 0 Å². The lowest BCUT2D eigenvalue weighted by Crippen LogP contribution is -2.37. The van der Waals surface area contributed by atoms with Crippen LogP contribution in [0.1, 0.15) is 13.3 Å². The molecule has 0 aliphatic heterocycles. The van der Waals surface area contributed by atoms with Crippen molar-refractivity contribution in [2.24, 2.45) is 5.84 Å². The first kappa shape index (κ1) is 13.5. The Bertz CT molecular complexity index is 408. The fourth-order valence-corrected chi connectivity index (χ4v) is 2.19. The number of benzene rings is 1. The predicted molar refractivity (Wildman–Crippen MR) is 65.4 cm³/mol. The van der Waals surface area contributed by atoms with Gasteiger partial charge in [0.15, 0.2) is 0 Å². The standard InChI is InChI=1S/C10H13N3O3S/c1-2-9(10(14)12-11)17-8-5-3-7(4-6-8)13(15)16/h3-6,9H,2,11H2,1H3,(H,12,14). The van der Waals surface area contributed by atoms with E-state index in [1.807, 2.05) is 6.92 Å². The summed E-state index contributed by atoms with van der Waals surface area (Å²) in [5.74, 6) is 4.81. The molecule has 3 N–H and O–H groups in total. The Balaban J connectivity index is 2.74. The van der Waals surface area contributed by atoms with Gasteiger partial charge in [-0.1, -0.05) is 6.92 Å². The summed E-state index contributed by atoms with van der Waals surface area (Å²) in [7, 11) is 0. The minimum absolute atomic E-state index is 0.0330. The van der Waals surface area contributed by atoms with E-state index in [0.29, 0.717) is 6.42 Å². The zero-order valence-corrected chi connectivity index (χ0v) is 10.1. The lowest BCUT2D eigenvalue weighted by atomic mass is 10.3. The summed E-state index contributed by atoms with van der Waals surface area (Å²) in [6.45, 7) is 1.87. The van der Waals surface area contributed by atoms with E-state index < -0.39 is 4.92 Å². The first-order valence-electron chi connectivity index (χ1n) is 5.00. The molecule has 0 bridgehead atoms. The van der Waals surface area contributed by atoms with Crippen LogP contribution in [-0.4, -0.2) is 16.1 Å². The fourth-order valence-electron chi connectivity index (χ4n) is 1.23. The quantitative estimate of drug-likeness (QED) is 0.273. The van der Waals surface area contributed by atoms with Crippen LogP contribution in [-0.2, 0) is 4.79 Å². The van der Waals surface area contributed by atoms with Crippen LogP contribution in [0.15, 0.2) is 29.2 Å². The van der Waals surface area contributed by atoms with Crippen molar-refractivity contribution < 1.29 is 9.72 Å². The third-order valence-corrected chi connectivity index (χ3v) is 3.51. The topological polar surface area (TPSA) is 98.3 Å². The summed E-state index contributed by atoms with van der Waals surface area (Å²) >= 11 is 1.33. The van der Waals surface area contributed by atoms with Gasteiger partial charge in [0, 0.05) is 17.0 Å². The van der Waals surface area contributed by atoms with E-state index in [1.54, 1.807) is 12.1 Å². The second kappa shape index (κ2) is 6.21. The minimum Gasteiger partial charge on any atom is -0.293 e. The molecule has 0 heterocycles. The fraction of sp³-hybridized carbons (Fsp3) is 0.300. The van der Waals surface area contributed by atoms with Gasteiger partial charge in [0.05, 0.1) is 10.2 Å². The van der Waals surface area contributed by atoms with Crippen LogP contribution in [0.4, 0.5) is 5.69 Å². The molecule has 0 aromatic heterocycles. The van der Waals surface area contributed by atoms with Crippen LogP contribution in [0, 0.1) is 10.1 Å². The van der Waals surface area contributed by atoms with Crippen LogP contribution >= 0.6 is 11.8 Å². The van der Waals surface area contributed by atoms with Crippen molar-refractivity contribution in [3.63, 3.8) is 0 Å². The second-order valence-corrected chi connectivity index (χ2v) is 4.55. The molecule has 0 radical (unpaired) electrons. The first-order valence-corrected chi connectivity index (χ1v) is 5.88. The summed E-state index contributed by atoms with van der Waals surface area (Å²) in [5, 5.41) is 10.2. The molecule has 92 valence electrons. The third-order valence-electron chi connectivity index (χ3n) is 2.13. The monoisotopic (exact) mass is 255 g/mol. The number of nitrogens with two attached hydrogens (primary N) is 1. The van der Waals surface area contributed by atoms with Crippen molar-refractivity contribution in [3.05, 3.63) is 34.4 Å². The SMILES string of the molecule is CCC(Sc1ccc([N+](=O)[O-])cc1)C(=O)NN. The zero-order valence-electron chi connectivity index (χ0n) is 9.25. The molecule has 0 saturated carbocycles. The zero-order chi connectivity index (χ0) is 12.8. The van der Waals surface area contributed by atoms with E-state index >= 15 is 0 Å². The number of nitro benzene ring substituents is 1. The molecular formula is C10H13N3O3S. The molecule has 0 fully saturated rings. The molecule has 17 heavy (non-hydrogen) atoms. The van der Waals surface area contributed by atoms with Crippen LogP contribution in [0.3, 0.4) is 0 Å². The largest absolute Gasteiger partial charge is 0.293 e. The molecule has 1 atom stereocenters. The number of thioether (sulfide) groups is 1. The number of carbonyl (C=O) groups excluding carboxylic acids is 1. The number of carbonyl (C=O) groups is 1. The molecule has 1 amide bonds. The van der Waals surface area contributed by atoms with Gasteiger partial charge in [0.2, 0.25) is 5.91 Å². The average molecular weight is 255 g/mol. The maximum Gasteiger partial charge on any atom is 0.269 e. The van der Waals surface area contributed by atoms with E-state index in [0.717, 1.165) is 4.90 Å². The molecular weight excluding hydrogens is 242 g/mol. The Labute approximate surface area is 103 Å². The number of hydrogen-bond acceptors (Lipinski definition) is 5. The van der Waals surface area contributed by atoms with Crippen molar-refractivity contribution in [2.45, 2.75) is 23.5 Å². The van der Waals surface area contributed by atoms with E-state index in [2.05, 4.69) is 5.43 Å². The van der Waals surface area contributed by atoms with Crippen molar-refractivity contribution in [1.82, 2.24) is 5.43 Å². The normalized spacial score (nSPS) is 11.9. The van der Waals surface area contributed by atoms with Gasteiger partial charge in [-0.25, -0.2) is 5.84 Å². The summed E-state index contributed by atoms with van der Waals surface area (Å²) in [6.07, 6.45) is 0.630. The highest BCUT2D eigenvalue weighted by molar-refractivity contribution is 8.00. The highest BCUT2D eigenvalue weighted by Crippen LogP contribution is 2.27. The van der Waals surface area contributed by atoms with Gasteiger partial charge >= 0.3 is 0 Å². The number of nitrogens with zero attached hydrogens (tertiary/aromatic N) is 1. The highest BCUT2D eigenvalue weighted by Gasteiger charge is 2.17. The summed E-state index contributed by atoms with van der Waals surface area (Å²) in [6, 6.07) is 6.06. The molecule has 7 heteroatoms. The Morgan fingerprint density at radius 3 is 2.53 bits per heavy atom. The number of hydrazine groups is 1. The number of rotatable bonds is 5. The van der Waals surface area contributed by atoms with Crippen molar-refractivity contribution in [2.75, 3.05) is 0 Å². The molecule has 6 nitrogen and oxygen atoms in total. The third kappa shape index (κ3) is 3.72. The van der Waals surface area contributed by atoms with E-state index in [4.69, 9.17) is 5.84 Å². The van der Waals surface area contributed by atoms with E-state index in [-0.39, 0.29) is 16.8 Å². The van der Waals surface area contributed by atoms with Gasteiger partial charge in [-0.05, 0) is 18.6 Å². The Morgan fingerprint density at radius 1 is 1.53 bits per heavy atom. The molecule has 0 aliphatic carbocycles. The van der Waals surface area contributed by atoms with Gasteiger partial charge in [-0.2, -0.15) is 0 Å². The first-order chi connectivity index (χ1) is 8.08. The van der Waals surface area contributed by atoms with Crippen LogP contribution in [0.25, 0.3) is 0 Å². The minimum atomic E-state index is -0.460. The number of non-ortho nitro benzene ring substituents is 1. The average Bonchev–Trinajstić information content (AvgIpc) is 2.35. The van der Waals surface area contributed by atoms with E-state index in [1.165, 1.54) is 23.9 Å². The summed E-state index contributed by atoms with van der Waals surface area (Å²) in [5.41, 5.74) is 2.13. The molecule has 1 unspecified atom stereocenters. The Kier molecular flexibility index (Phi) is 4.92. The molecule has 0 saturated heterocycles. The molecule has 1 aromatic rings. The van der Waals surface area contributed by atoms with Gasteiger partial charge in [-0.15, -0.1) is 11.8 Å². The number of hydrogen-bond donors (Lipinski definition) is 2. The number of amides is 1. The van der Waals surface area contributed by atoms with Crippen LogP contribution in [0.5, 0.6) is 0 Å². The molecule has 1 aromatic carbocycles. The Hall–Kier alpha value is -1.60. The maximum absolute atomic E-state index is 11.4. The van der Waals surface area contributed by atoms with Crippen LogP contribution in [0.2, 0.25) is 0 Å². The second-order valence-electron chi connectivity index (χ2n) is 3.27. The maximum atomic E-state index is 11.4. The lowest BCUT2D eigenvalue weighted by Gasteiger charge is -2.12. The van der Waals surface area contributed by atoms with Gasteiger partial charge < -0.3 is 0 Å². The molecule has 0 aliphatic rings. The van der Waals surface area contributed by atoms with Gasteiger partial charge in [0.1, 0.15) is 0 Å². The molecule has 0 spiro atoms. The van der Waals surface area contributed by atoms with E-state index in [9.17, 15) is 14.9 Å². The smallest absolute Gasteiger partial charge is 0.269 e. The predicted octanol–water partition coefficient (Wildman–Crippen LogP) is 1.46. The summed E-state index contributed by atoms with van der Waals surface area (Å²) in [4.78, 5) is 22.2. The van der Waals surface area contributed by atoms with Gasteiger partial charge in [-0.3, -0.25) is 20.3 Å². The lowest BCUT2D eigenvalue weighted by molar-refractivity contribution is -0.384. The number of nitrogens with one attached hydrogen (secondary N) is 1. The Morgan fingerprint density at radius 2 is 2.12 bits per heavy atom. The van der Waals surface area contributed by atoms with Crippen molar-refractivity contribution >= 4 is 23.4 Å². The number of nitro groups is 1. The molecule has 1 rings (SSSR count).